The Bertz CT molecular complexity index is 582. The number of aromatic nitrogens is 2. The van der Waals surface area contributed by atoms with E-state index in [1.54, 1.807) is 0 Å². The molecule has 0 saturated heterocycles. The Hall–Kier alpha value is -2.05. The normalized spacial score (nSPS) is 9.58. The highest BCUT2D eigenvalue weighted by Crippen LogP contribution is 2.11. The highest BCUT2D eigenvalue weighted by molar-refractivity contribution is 6.30. The molecule has 1 aromatic heterocycles. The zero-order valence-electron chi connectivity index (χ0n) is 10.6. The van der Waals surface area contributed by atoms with Crippen LogP contribution in [0.25, 0.3) is 0 Å². The number of hydrogen-bond donors (Lipinski definition) is 0. The average Bonchev–Trinajstić information content (AvgIpc) is 2.46. The summed E-state index contributed by atoms with van der Waals surface area (Å²) in [7, 11) is 0. The molecule has 0 atom stereocenters. The Labute approximate surface area is 117 Å². The lowest BCUT2D eigenvalue weighted by molar-refractivity contribution is 0.317. The summed E-state index contributed by atoms with van der Waals surface area (Å²) < 4.78 is 5.50. The Morgan fingerprint density at radius 3 is 2.42 bits per heavy atom. The molecule has 0 aliphatic heterocycles. The molecular formula is C15H13ClN2O. The second-order valence-corrected chi connectivity index (χ2v) is 4.28. The Kier molecular flexibility index (Phi) is 4.77. The molecular weight excluding hydrogens is 260 g/mol. The van der Waals surface area contributed by atoms with E-state index in [0.29, 0.717) is 10.8 Å². The summed E-state index contributed by atoms with van der Waals surface area (Å²) in [6.07, 6.45) is 4.05. The lowest BCUT2D eigenvalue weighted by Gasteiger charge is -2.03. The van der Waals surface area contributed by atoms with Crippen molar-refractivity contribution in [1.82, 2.24) is 9.97 Å². The third-order valence-corrected chi connectivity index (χ3v) is 2.46. The molecule has 96 valence electrons. The van der Waals surface area contributed by atoms with E-state index >= 15 is 0 Å². The fourth-order valence-electron chi connectivity index (χ4n) is 1.36. The van der Waals surface area contributed by atoms with Gasteiger partial charge in [0.1, 0.15) is 5.75 Å². The van der Waals surface area contributed by atoms with Crippen LogP contribution in [0, 0.1) is 11.8 Å². The minimum atomic E-state index is 0.454. The molecule has 0 unspecified atom stereocenters. The molecule has 0 bridgehead atoms. The standard InChI is InChI=1S/C15H13ClN2O/c1-2-9-19-14-6-3-12(4-7-14)5-8-15-17-10-13(16)11-18-15/h3-4,6-7,10-11H,2,9H2,1H3. The third-order valence-electron chi connectivity index (χ3n) is 2.27. The summed E-state index contributed by atoms with van der Waals surface area (Å²) in [5, 5.41) is 0.503. The van der Waals surface area contributed by atoms with Crippen molar-refractivity contribution in [1.29, 1.82) is 0 Å². The molecule has 19 heavy (non-hydrogen) atoms. The van der Waals surface area contributed by atoms with E-state index < -0.39 is 0 Å². The van der Waals surface area contributed by atoms with E-state index in [4.69, 9.17) is 16.3 Å². The van der Waals surface area contributed by atoms with Crippen LogP contribution < -0.4 is 4.74 Å². The van der Waals surface area contributed by atoms with Crippen molar-refractivity contribution in [3.05, 3.63) is 53.1 Å². The van der Waals surface area contributed by atoms with Gasteiger partial charge in [0.05, 0.1) is 24.0 Å². The van der Waals surface area contributed by atoms with Gasteiger partial charge >= 0.3 is 0 Å². The van der Waals surface area contributed by atoms with Crippen molar-refractivity contribution in [3.8, 4) is 17.6 Å². The van der Waals surface area contributed by atoms with E-state index in [-0.39, 0.29) is 0 Å². The fourth-order valence-corrected chi connectivity index (χ4v) is 1.46. The number of rotatable bonds is 3. The first-order valence-electron chi connectivity index (χ1n) is 6.00. The quantitative estimate of drug-likeness (QED) is 0.804. The van der Waals surface area contributed by atoms with Crippen molar-refractivity contribution in [2.75, 3.05) is 6.61 Å². The zero-order valence-corrected chi connectivity index (χ0v) is 11.3. The predicted octanol–water partition coefficient (Wildman–Crippen LogP) is 3.32. The van der Waals surface area contributed by atoms with Crippen molar-refractivity contribution >= 4 is 11.6 Å². The number of hydrogen-bond acceptors (Lipinski definition) is 3. The summed E-state index contributed by atoms with van der Waals surface area (Å²) in [4.78, 5) is 8.02. The van der Waals surface area contributed by atoms with Gasteiger partial charge in [-0.3, -0.25) is 0 Å². The second-order valence-electron chi connectivity index (χ2n) is 3.85. The maximum absolute atomic E-state index is 5.70. The molecule has 3 nitrogen and oxygen atoms in total. The summed E-state index contributed by atoms with van der Waals surface area (Å²) in [6.45, 7) is 2.80. The average molecular weight is 273 g/mol. The first-order valence-corrected chi connectivity index (χ1v) is 6.38. The summed E-state index contributed by atoms with van der Waals surface area (Å²) >= 11 is 5.70. The smallest absolute Gasteiger partial charge is 0.205 e. The minimum Gasteiger partial charge on any atom is -0.494 e. The van der Waals surface area contributed by atoms with Crippen LogP contribution in [0.2, 0.25) is 5.02 Å². The third kappa shape index (κ3) is 4.27. The van der Waals surface area contributed by atoms with Gasteiger partial charge in [0.25, 0.3) is 0 Å². The number of nitrogens with zero attached hydrogens (tertiary/aromatic N) is 2. The summed E-state index contributed by atoms with van der Waals surface area (Å²) in [6, 6.07) is 7.63. The first kappa shape index (κ1) is 13.4. The van der Waals surface area contributed by atoms with Gasteiger partial charge in [-0.2, -0.15) is 0 Å². The molecule has 0 fully saturated rings. The lowest BCUT2D eigenvalue weighted by atomic mass is 10.2. The van der Waals surface area contributed by atoms with Crippen LogP contribution in [0.5, 0.6) is 5.75 Å². The van der Waals surface area contributed by atoms with Crippen LogP contribution in [-0.4, -0.2) is 16.6 Å². The van der Waals surface area contributed by atoms with Gasteiger partial charge in [-0.1, -0.05) is 24.4 Å². The maximum atomic E-state index is 5.70. The van der Waals surface area contributed by atoms with E-state index in [2.05, 4.69) is 28.7 Å². The number of ether oxygens (including phenoxy) is 1. The second kappa shape index (κ2) is 6.77. The van der Waals surface area contributed by atoms with Crippen LogP contribution in [0.15, 0.2) is 36.7 Å². The van der Waals surface area contributed by atoms with Gasteiger partial charge < -0.3 is 4.74 Å². The predicted molar refractivity (Wildman–Crippen MR) is 75.3 cm³/mol. The summed E-state index contributed by atoms with van der Waals surface area (Å²) in [5.41, 5.74) is 0.891. The van der Waals surface area contributed by atoms with Crippen molar-refractivity contribution in [2.24, 2.45) is 0 Å². The van der Waals surface area contributed by atoms with E-state index in [0.717, 1.165) is 24.3 Å². The number of benzene rings is 1. The molecule has 0 aliphatic carbocycles. The SMILES string of the molecule is CCCOc1ccc(C#Cc2ncc(Cl)cn2)cc1. The molecule has 2 rings (SSSR count). The van der Waals surface area contributed by atoms with E-state index in [1.807, 2.05) is 24.3 Å². The van der Waals surface area contributed by atoms with Gasteiger partial charge in [0, 0.05) is 5.56 Å². The Balaban J connectivity index is 2.05. The molecule has 0 N–H and O–H groups in total. The lowest BCUT2D eigenvalue weighted by Crippen LogP contribution is -1.94. The van der Waals surface area contributed by atoms with Gasteiger partial charge in [0.15, 0.2) is 0 Å². The number of halogens is 1. The molecule has 0 spiro atoms. The van der Waals surface area contributed by atoms with E-state index in [1.165, 1.54) is 12.4 Å². The van der Waals surface area contributed by atoms with Crippen molar-refractivity contribution < 1.29 is 4.74 Å². The van der Waals surface area contributed by atoms with Crippen molar-refractivity contribution in [3.63, 3.8) is 0 Å². The van der Waals surface area contributed by atoms with E-state index in [9.17, 15) is 0 Å². The molecule has 0 aliphatic rings. The van der Waals surface area contributed by atoms with Crippen molar-refractivity contribution in [2.45, 2.75) is 13.3 Å². The monoisotopic (exact) mass is 272 g/mol. The maximum Gasteiger partial charge on any atom is 0.205 e. The minimum absolute atomic E-state index is 0.454. The molecule has 4 heteroatoms. The van der Waals surface area contributed by atoms with Crippen LogP contribution in [0.1, 0.15) is 24.7 Å². The van der Waals surface area contributed by atoms with Crippen LogP contribution >= 0.6 is 11.6 Å². The van der Waals surface area contributed by atoms with Gasteiger partial charge in [-0.05, 0) is 36.6 Å². The molecule has 0 radical (unpaired) electrons. The van der Waals surface area contributed by atoms with Crippen LogP contribution in [0.4, 0.5) is 0 Å². The molecule has 0 amide bonds. The first-order chi connectivity index (χ1) is 9.28. The molecule has 2 aromatic rings. The zero-order chi connectivity index (χ0) is 13.5. The van der Waals surface area contributed by atoms with Gasteiger partial charge in [-0.15, -0.1) is 0 Å². The Morgan fingerprint density at radius 2 is 1.79 bits per heavy atom. The van der Waals surface area contributed by atoms with Gasteiger partial charge in [0.2, 0.25) is 5.82 Å². The van der Waals surface area contributed by atoms with Crippen LogP contribution in [0.3, 0.4) is 0 Å². The largest absolute Gasteiger partial charge is 0.494 e. The van der Waals surface area contributed by atoms with Crippen LogP contribution in [-0.2, 0) is 0 Å². The fraction of sp³-hybridized carbons (Fsp3) is 0.200. The molecule has 1 heterocycles. The highest BCUT2D eigenvalue weighted by atomic mass is 35.5. The Morgan fingerprint density at radius 1 is 1.11 bits per heavy atom. The van der Waals surface area contributed by atoms with Gasteiger partial charge in [-0.25, -0.2) is 9.97 Å². The highest BCUT2D eigenvalue weighted by Gasteiger charge is 1.93. The molecule has 1 aromatic carbocycles. The summed E-state index contributed by atoms with van der Waals surface area (Å²) in [5.74, 6) is 7.18. The molecule has 0 saturated carbocycles. The topological polar surface area (TPSA) is 35.0 Å².